The standard InChI is InChI=1S/C14H26N2O4/c1-5-15(10-12(17)18)8-11-6-7-16(9-11)13(19)20-14(2,3)4/h11H,5-10H2,1-4H3,(H,17,18). The number of carbonyl (C=O) groups excluding carboxylic acids is 1. The first kappa shape index (κ1) is 16.8. The van der Waals surface area contributed by atoms with Gasteiger partial charge in [-0.3, -0.25) is 9.69 Å². The average Bonchev–Trinajstić information content (AvgIpc) is 2.73. The molecule has 0 aromatic rings. The highest BCUT2D eigenvalue weighted by molar-refractivity contribution is 5.69. The molecule has 0 spiro atoms. The molecule has 1 aliphatic rings. The topological polar surface area (TPSA) is 70.1 Å². The summed E-state index contributed by atoms with van der Waals surface area (Å²) in [6.07, 6.45) is 0.622. The number of rotatable bonds is 5. The number of likely N-dealkylation sites (tertiary alicyclic amines) is 1. The Morgan fingerprint density at radius 2 is 2.05 bits per heavy atom. The second kappa shape index (κ2) is 6.92. The molecule has 1 heterocycles. The van der Waals surface area contributed by atoms with Crippen molar-refractivity contribution in [1.29, 1.82) is 0 Å². The van der Waals surface area contributed by atoms with Gasteiger partial charge in [-0.15, -0.1) is 0 Å². The van der Waals surface area contributed by atoms with Crippen LogP contribution in [0, 0.1) is 5.92 Å². The van der Waals surface area contributed by atoms with E-state index in [1.54, 1.807) is 4.90 Å². The molecular formula is C14H26N2O4. The van der Waals surface area contributed by atoms with Crippen molar-refractivity contribution in [1.82, 2.24) is 9.80 Å². The Bertz CT molecular complexity index is 352. The van der Waals surface area contributed by atoms with Crippen LogP contribution >= 0.6 is 0 Å². The minimum absolute atomic E-state index is 0.0550. The van der Waals surface area contributed by atoms with E-state index in [0.717, 1.165) is 6.42 Å². The van der Waals surface area contributed by atoms with Gasteiger partial charge in [0.05, 0.1) is 6.54 Å². The van der Waals surface area contributed by atoms with E-state index in [9.17, 15) is 9.59 Å². The molecular weight excluding hydrogens is 260 g/mol. The SMILES string of the molecule is CCN(CC(=O)O)CC1CCN(C(=O)OC(C)(C)C)C1. The van der Waals surface area contributed by atoms with E-state index in [-0.39, 0.29) is 12.6 Å². The number of nitrogens with zero attached hydrogens (tertiary/aromatic N) is 2. The number of hydrogen-bond acceptors (Lipinski definition) is 4. The number of amides is 1. The van der Waals surface area contributed by atoms with E-state index < -0.39 is 11.6 Å². The van der Waals surface area contributed by atoms with Gasteiger partial charge >= 0.3 is 12.1 Å². The van der Waals surface area contributed by atoms with Crippen LogP contribution in [0.25, 0.3) is 0 Å². The fraction of sp³-hybridized carbons (Fsp3) is 0.857. The normalized spacial score (nSPS) is 19.4. The second-order valence-corrected chi connectivity index (χ2v) is 6.30. The zero-order valence-electron chi connectivity index (χ0n) is 12.9. The summed E-state index contributed by atoms with van der Waals surface area (Å²) in [6.45, 7) is 10.3. The molecule has 1 unspecified atom stereocenters. The van der Waals surface area contributed by atoms with Crippen molar-refractivity contribution in [2.24, 2.45) is 5.92 Å². The molecule has 1 N–H and O–H groups in total. The third-order valence-electron chi connectivity index (χ3n) is 3.26. The van der Waals surface area contributed by atoms with Crippen LogP contribution in [0.5, 0.6) is 0 Å². The maximum atomic E-state index is 11.9. The van der Waals surface area contributed by atoms with E-state index in [4.69, 9.17) is 9.84 Å². The molecule has 0 aliphatic carbocycles. The molecule has 6 nitrogen and oxygen atoms in total. The van der Waals surface area contributed by atoms with Crippen molar-refractivity contribution >= 4 is 12.1 Å². The molecule has 1 rings (SSSR count). The molecule has 1 amide bonds. The van der Waals surface area contributed by atoms with E-state index in [2.05, 4.69) is 0 Å². The van der Waals surface area contributed by atoms with Crippen LogP contribution in [-0.2, 0) is 9.53 Å². The third-order valence-corrected chi connectivity index (χ3v) is 3.26. The predicted octanol–water partition coefficient (Wildman–Crippen LogP) is 1.65. The number of hydrogen-bond donors (Lipinski definition) is 1. The zero-order valence-corrected chi connectivity index (χ0v) is 12.9. The summed E-state index contributed by atoms with van der Waals surface area (Å²) >= 11 is 0. The minimum Gasteiger partial charge on any atom is -0.480 e. The van der Waals surface area contributed by atoms with E-state index in [1.807, 2.05) is 32.6 Å². The summed E-state index contributed by atoms with van der Waals surface area (Å²) in [5.41, 5.74) is -0.478. The molecule has 1 aliphatic heterocycles. The van der Waals surface area contributed by atoms with Gasteiger partial charge in [-0.25, -0.2) is 4.79 Å². The lowest BCUT2D eigenvalue weighted by molar-refractivity contribution is -0.138. The number of likely N-dealkylation sites (N-methyl/N-ethyl adjacent to an activating group) is 1. The zero-order chi connectivity index (χ0) is 15.3. The summed E-state index contributed by atoms with van der Waals surface area (Å²) in [5.74, 6) is -0.490. The number of aliphatic carboxylic acids is 1. The summed E-state index contributed by atoms with van der Waals surface area (Å²) in [6, 6.07) is 0. The van der Waals surface area contributed by atoms with Crippen LogP contribution in [0.4, 0.5) is 4.79 Å². The molecule has 6 heteroatoms. The van der Waals surface area contributed by atoms with Gasteiger partial charge in [0.1, 0.15) is 5.60 Å². The molecule has 116 valence electrons. The van der Waals surface area contributed by atoms with Crippen molar-refractivity contribution in [3.05, 3.63) is 0 Å². The van der Waals surface area contributed by atoms with Gasteiger partial charge in [0.25, 0.3) is 0 Å². The van der Waals surface area contributed by atoms with Crippen LogP contribution < -0.4 is 0 Å². The average molecular weight is 286 g/mol. The molecule has 0 saturated carbocycles. The summed E-state index contributed by atoms with van der Waals surface area (Å²) in [7, 11) is 0. The first-order chi connectivity index (χ1) is 9.21. The molecule has 1 atom stereocenters. The summed E-state index contributed by atoms with van der Waals surface area (Å²) < 4.78 is 5.35. The van der Waals surface area contributed by atoms with E-state index >= 15 is 0 Å². The molecule has 0 bridgehead atoms. The van der Waals surface area contributed by atoms with Crippen molar-refractivity contribution in [3.8, 4) is 0 Å². The fourth-order valence-corrected chi connectivity index (χ4v) is 2.34. The highest BCUT2D eigenvalue weighted by Crippen LogP contribution is 2.20. The molecule has 0 aromatic heterocycles. The number of ether oxygens (including phenoxy) is 1. The lowest BCUT2D eigenvalue weighted by atomic mass is 10.1. The highest BCUT2D eigenvalue weighted by atomic mass is 16.6. The third kappa shape index (κ3) is 5.77. The summed E-state index contributed by atoms with van der Waals surface area (Å²) in [4.78, 5) is 26.3. The van der Waals surface area contributed by atoms with Gasteiger partial charge < -0.3 is 14.7 Å². The maximum Gasteiger partial charge on any atom is 0.410 e. The number of carbonyl (C=O) groups is 2. The second-order valence-electron chi connectivity index (χ2n) is 6.30. The lowest BCUT2D eigenvalue weighted by Gasteiger charge is -2.25. The Labute approximate surface area is 120 Å². The Morgan fingerprint density at radius 1 is 1.40 bits per heavy atom. The number of carboxylic acid groups (broad SMARTS) is 1. The smallest absolute Gasteiger partial charge is 0.410 e. The van der Waals surface area contributed by atoms with Gasteiger partial charge in [0.15, 0.2) is 0 Å². The predicted molar refractivity (Wildman–Crippen MR) is 75.7 cm³/mol. The van der Waals surface area contributed by atoms with Gasteiger partial charge in [-0.05, 0) is 39.7 Å². The largest absolute Gasteiger partial charge is 0.480 e. The molecule has 1 fully saturated rings. The van der Waals surface area contributed by atoms with Crippen LogP contribution in [0.15, 0.2) is 0 Å². The van der Waals surface area contributed by atoms with Gasteiger partial charge in [0, 0.05) is 19.6 Å². The number of carboxylic acids is 1. The van der Waals surface area contributed by atoms with Crippen LogP contribution in [-0.4, -0.2) is 65.3 Å². The van der Waals surface area contributed by atoms with Crippen molar-refractivity contribution in [3.63, 3.8) is 0 Å². The highest BCUT2D eigenvalue weighted by Gasteiger charge is 2.30. The van der Waals surface area contributed by atoms with Gasteiger partial charge in [0.2, 0.25) is 0 Å². The Hall–Kier alpha value is -1.30. The molecule has 1 saturated heterocycles. The van der Waals surface area contributed by atoms with E-state index in [1.165, 1.54) is 0 Å². The van der Waals surface area contributed by atoms with Gasteiger partial charge in [-0.1, -0.05) is 6.92 Å². The Kier molecular flexibility index (Phi) is 5.80. The van der Waals surface area contributed by atoms with Crippen LogP contribution in [0.2, 0.25) is 0 Å². The van der Waals surface area contributed by atoms with Crippen LogP contribution in [0.3, 0.4) is 0 Å². The first-order valence-electron chi connectivity index (χ1n) is 7.13. The molecule has 20 heavy (non-hydrogen) atoms. The minimum atomic E-state index is -0.811. The quantitative estimate of drug-likeness (QED) is 0.832. The first-order valence-corrected chi connectivity index (χ1v) is 7.13. The maximum absolute atomic E-state index is 11.9. The summed E-state index contributed by atoms with van der Waals surface area (Å²) in [5, 5.41) is 8.83. The van der Waals surface area contributed by atoms with Crippen LogP contribution in [0.1, 0.15) is 34.1 Å². The monoisotopic (exact) mass is 286 g/mol. The van der Waals surface area contributed by atoms with Crippen molar-refractivity contribution in [2.75, 3.05) is 32.7 Å². The Balaban J connectivity index is 2.42. The lowest BCUT2D eigenvalue weighted by Crippen LogP contribution is -2.37. The fourth-order valence-electron chi connectivity index (χ4n) is 2.34. The van der Waals surface area contributed by atoms with E-state index in [0.29, 0.717) is 32.1 Å². The van der Waals surface area contributed by atoms with Crippen molar-refractivity contribution < 1.29 is 19.4 Å². The van der Waals surface area contributed by atoms with Gasteiger partial charge in [-0.2, -0.15) is 0 Å². The molecule has 0 aromatic carbocycles. The Morgan fingerprint density at radius 3 is 2.55 bits per heavy atom. The molecule has 0 radical (unpaired) electrons. The van der Waals surface area contributed by atoms with Crippen molar-refractivity contribution in [2.45, 2.75) is 39.7 Å².